The molecular weight excluding hydrogens is 266 g/mol. The van der Waals surface area contributed by atoms with Crippen LogP contribution in [0.15, 0.2) is 42.5 Å². The lowest BCUT2D eigenvalue weighted by Crippen LogP contribution is -2.25. The zero-order valence-electron chi connectivity index (χ0n) is 11.7. The number of carbonyl (C=O) groups excluding carboxylic acids is 1. The number of rotatable bonds is 2. The van der Waals surface area contributed by atoms with Crippen LogP contribution in [0.2, 0.25) is 0 Å². The minimum absolute atomic E-state index is 0.0623. The summed E-state index contributed by atoms with van der Waals surface area (Å²) >= 11 is 0. The molecule has 4 nitrogen and oxygen atoms in total. The second-order valence-corrected chi connectivity index (χ2v) is 5.15. The second kappa shape index (κ2) is 5.05. The van der Waals surface area contributed by atoms with Crippen molar-refractivity contribution in [2.24, 2.45) is 0 Å². The highest BCUT2D eigenvalue weighted by molar-refractivity contribution is 5.94. The maximum atomic E-state index is 11.5. The molecule has 0 aliphatic carbocycles. The molecule has 1 heterocycles. The highest BCUT2D eigenvalue weighted by Crippen LogP contribution is 2.32. The fraction of sp³-hybridized carbons (Fsp3) is 0.176. The minimum atomic E-state index is -0.924. The number of carboxylic acids is 1. The summed E-state index contributed by atoms with van der Waals surface area (Å²) in [5.41, 5.74) is 4.43. The molecular formula is C17H15NO3. The second-order valence-electron chi connectivity index (χ2n) is 5.15. The van der Waals surface area contributed by atoms with Crippen molar-refractivity contribution in [2.75, 3.05) is 11.4 Å². The summed E-state index contributed by atoms with van der Waals surface area (Å²) in [5.74, 6) is -0.861. The number of amides is 1. The number of aromatic carboxylic acids is 1. The van der Waals surface area contributed by atoms with Crippen molar-refractivity contribution < 1.29 is 14.7 Å². The van der Waals surface area contributed by atoms with E-state index in [0.717, 1.165) is 35.3 Å². The Hall–Kier alpha value is -2.62. The summed E-state index contributed by atoms with van der Waals surface area (Å²) in [6, 6.07) is 12.8. The van der Waals surface area contributed by atoms with Gasteiger partial charge in [-0.2, -0.15) is 0 Å². The van der Waals surface area contributed by atoms with Gasteiger partial charge < -0.3 is 10.0 Å². The van der Waals surface area contributed by atoms with Crippen LogP contribution >= 0.6 is 0 Å². The Morgan fingerprint density at radius 3 is 2.33 bits per heavy atom. The van der Waals surface area contributed by atoms with Gasteiger partial charge in [0.15, 0.2) is 0 Å². The molecule has 0 saturated heterocycles. The number of hydrogen-bond acceptors (Lipinski definition) is 2. The van der Waals surface area contributed by atoms with Gasteiger partial charge in [0, 0.05) is 19.2 Å². The normalized spacial score (nSPS) is 13.1. The molecule has 0 radical (unpaired) electrons. The van der Waals surface area contributed by atoms with Gasteiger partial charge in [0.2, 0.25) is 5.91 Å². The molecule has 2 aromatic carbocycles. The van der Waals surface area contributed by atoms with Crippen LogP contribution in [-0.2, 0) is 11.2 Å². The average Bonchev–Trinajstić information content (AvgIpc) is 2.90. The lowest BCUT2D eigenvalue weighted by molar-refractivity contribution is -0.116. The van der Waals surface area contributed by atoms with Crippen molar-refractivity contribution in [2.45, 2.75) is 13.3 Å². The molecule has 1 amide bonds. The monoisotopic (exact) mass is 281 g/mol. The summed E-state index contributed by atoms with van der Waals surface area (Å²) in [6.07, 6.45) is 0.857. The van der Waals surface area contributed by atoms with Crippen LogP contribution in [0.25, 0.3) is 11.1 Å². The summed E-state index contributed by atoms with van der Waals surface area (Å²) in [6.45, 7) is 2.31. The molecule has 1 N–H and O–H groups in total. The Kier molecular flexibility index (Phi) is 3.22. The van der Waals surface area contributed by atoms with Crippen molar-refractivity contribution in [3.63, 3.8) is 0 Å². The van der Waals surface area contributed by atoms with Crippen LogP contribution in [0, 0.1) is 0 Å². The van der Waals surface area contributed by atoms with Gasteiger partial charge in [-0.1, -0.05) is 18.2 Å². The number of benzene rings is 2. The lowest BCUT2D eigenvalue weighted by Gasteiger charge is -2.15. The average molecular weight is 281 g/mol. The van der Waals surface area contributed by atoms with Crippen molar-refractivity contribution in [1.29, 1.82) is 0 Å². The van der Waals surface area contributed by atoms with E-state index in [1.54, 1.807) is 24.0 Å². The molecule has 0 fully saturated rings. The molecule has 4 heteroatoms. The predicted octanol–water partition coefficient (Wildman–Crippen LogP) is 2.96. The summed E-state index contributed by atoms with van der Waals surface area (Å²) in [4.78, 5) is 24.2. The molecule has 1 aliphatic heterocycles. The summed E-state index contributed by atoms with van der Waals surface area (Å²) in [7, 11) is 0. The molecule has 21 heavy (non-hydrogen) atoms. The number of nitrogens with zero attached hydrogens (tertiary/aromatic N) is 1. The minimum Gasteiger partial charge on any atom is -0.478 e. The zero-order valence-corrected chi connectivity index (χ0v) is 11.7. The third-order valence-electron chi connectivity index (χ3n) is 3.82. The van der Waals surface area contributed by atoms with Gasteiger partial charge in [0.25, 0.3) is 0 Å². The van der Waals surface area contributed by atoms with Gasteiger partial charge in [-0.3, -0.25) is 4.79 Å². The molecule has 2 aromatic rings. The number of fused-ring (bicyclic) bond motifs is 1. The van der Waals surface area contributed by atoms with Crippen LogP contribution in [0.4, 0.5) is 5.69 Å². The first kappa shape index (κ1) is 13.4. The topological polar surface area (TPSA) is 57.6 Å². The van der Waals surface area contributed by atoms with Gasteiger partial charge in [0.1, 0.15) is 0 Å². The molecule has 1 aliphatic rings. The Morgan fingerprint density at radius 1 is 1.05 bits per heavy atom. The van der Waals surface area contributed by atoms with E-state index in [1.807, 2.05) is 24.3 Å². The van der Waals surface area contributed by atoms with E-state index < -0.39 is 5.97 Å². The van der Waals surface area contributed by atoms with E-state index in [0.29, 0.717) is 0 Å². The van der Waals surface area contributed by atoms with Gasteiger partial charge in [0.05, 0.1) is 5.56 Å². The van der Waals surface area contributed by atoms with Crippen molar-refractivity contribution in [3.05, 3.63) is 53.6 Å². The quantitative estimate of drug-likeness (QED) is 0.920. The van der Waals surface area contributed by atoms with Crippen molar-refractivity contribution in [1.82, 2.24) is 0 Å². The first-order valence-electron chi connectivity index (χ1n) is 6.81. The first-order chi connectivity index (χ1) is 10.1. The van der Waals surface area contributed by atoms with Gasteiger partial charge in [-0.15, -0.1) is 0 Å². The Labute approximate surface area is 122 Å². The third-order valence-corrected chi connectivity index (χ3v) is 3.82. The summed E-state index contributed by atoms with van der Waals surface area (Å²) < 4.78 is 0. The van der Waals surface area contributed by atoms with Crippen molar-refractivity contribution in [3.8, 4) is 11.1 Å². The lowest BCUT2D eigenvalue weighted by atomic mass is 10.0. The fourth-order valence-corrected chi connectivity index (χ4v) is 2.71. The zero-order chi connectivity index (χ0) is 15.0. The van der Waals surface area contributed by atoms with E-state index in [2.05, 4.69) is 6.07 Å². The first-order valence-corrected chi connectivity index (χ1v) is 6.81. The standard InChI is InChI=1S/C17H15NO3/c1-11(19)18-9-8-15-10-14(6-7-16(15)18)12-2-4-13(5-3-12)17(20)21/h2-7,10H,8-9H2,1H3,(H,20,21). The van der Waals surface area contributed by atoms with Crippen LogP contribution in [-0.4, -0.2) is 23.5 Å². The maximum absolute atomic E-state index is 11.5. The number of anilines is 1. The van der Waals surface area contributed by atoms with Crippen LogP contribution in [0.1, 0.15) is 22.8 Å². The molecule has 0 atom stereocenters. The van der Waals surface area contributed by atoms with Gasteiger partial charge >= 0.3 is 5.97 Å². The van der Waals surface area contributed by atoms with E-state index in [-0.39, 0.29) is 11.5 Å². The van der Waals surface area contributed by atoms with E-state index >= 15 is 0 Å². The highest BCUT2D eigenvalue weighted by atomic mass is 16.4. The smallest absolute Gasteiger partial charge is 0.335 e. The van der Waals surface area contributed by atoms with E-state index in [4.69, 9.17) is 5.11 Å². The SMILES string of the molecule is CC(=O)N1CCc2cc(-c3ccc(C(=O)O)cc3)ccc21. The van der Waals surface area contributed by atoms with E-state index in [1.165, 1.54) is 0 Å². The Balaban J connectivity index is 1.94. The molecule has 0 unspecified atom stereocenters. The highest BCUT2D eigenvalue weighted by Gasteiger charge is 2.22. The number of carboxylic acid groups (broad SMARTS) is 1. The molecule has 0 spiro atoms. The van der Waals surface area contributed by atoms with Gasteiger partial charge in [-0.05, 0) is 47.4 Å². The number of hydrogen-bond donors (Lipinski definition) is 1. The van der Waals surface area contributed by atoms with Crippen LogP contribution in [0.3, 0.4) is 0 Å². The molecule has 0 aromatic heterocycles. The van der Waals surface area contributed by atoms with Crippen LogP contribution in [0.5, 0.6) is 0 Å². The maximum Gasteiger partial charge on any atom is 0.335 e. The molecule has 0 saturated carbocycles. The predicted molar refractivity (Wildman–Crippen MR) is 80.6 cm³/mol. The number of carbonyl (C=O) groups is 2. The molecule has 3 rings (SSSR count). The van der Waals surface area contributed by atoms with Crippen molar-refractivity contribution >= 4 is 17.6 Å². The summed E-state index contributed by atoms with van der Waals surface area (Å²) in [5, 5.41) is 8.92. The molecule has 106 valence electrons. The third kappa shape index (κ3) is 2.40. The van der Waals surface area contributed by atoms with E-state index in [9.17, 15) is 9.59 Å². The molecule has 0 bridgehead atoms. The Bertz CT molecular complexity index is 719. The largest absolute Gasteiger partial charge is 0.478 e. The van der Waals surface area contributed by atoms with Crippen LogP contribution < -0.4 is 4.90 Å². The fourth-order valence-electron chi connectivity index (χ4n) is 2.71. The Morgan fingerprint density at radius 2 is 1.71 bits per heavy atom. The van der Waals surface area contributed by atoms with Gasteiger partial charge in [-0.25, -0.2) is 4.79 Å².